The Labute approximate surface area is 274 Å². The third-order valence-corrected chi connectivity index (χ3v) is 13.8. The number of carbonyl (C=O) groups excluding carboxylic acids is 4. The highest BCUT2D eigenvalue weighted by atomic mass is 32.2. The second-order valence-corrected chi connectivity index (χ2v) is 17.4. The maximum Gasteiger partial charge on any atom is 0.333 e. The highest BCUT2D eigenvalue weighted by Gasteiger charge is 2.59. The number of allylic oxidation sites excluding steroid dienone is 1. The molecular formula is C35H53NO9S. The van der Waals surface area contributed by atoms with E-state index in [1.807, 2.05) is 0 Å². The van der Waals surface area contributed by atoms with E-state index in [9.17, 15) is 27.6 Å². The lowest BCUT2D eigenvalue weighted by atomic mass is 9.47. The van der Waals surface area contributed by atoms with Crippen LogP contribution in [-0.2, 0) is 38.9 Å². The number of carbonyl (C=O) groups is 4. The van der Waals surface area contributed by atoms with Crippen LogP contribution in [0.3, 0.4) is 0 Å². The fourth-order valence-electron chi connectivity index (χ4n) is 10.3. The summed E-state index contributed by atoms with van der Waals surface area (Å²) < 4.78 is 37.5. The summed E-state index contributed by atoms with van der Waals surface area (Å²) in [4.78, 5) is 53.6. The molecule has 0 spiro atoms. The maximum atomic E-state index is 12.7. The zero-order valence-corrected chi connectivity index (χ0v) is 29.0. The molecule has 0 aromatic heterocycles. The van der Waals surface area contributed by atoms with Crippen LogP contribution in [0.5, 0.6) is 0 Å². The van der Waals surface area contributed by atoms with Gasteiger partial charge in [-0.25, -0.2) is 4.79 Å². The maximum absolute atomic E-state index is 12.7. The zero-order chi connectivity index (χ0) is 33.6. The summed E-state index contributed by atoms with van der Waals surface area (Å²) in [5.74, 6) is 0.520. The summed E-state index contributed by atoms with van der Waals surface area (Å²) >= 11 is 0. The Morgan fingerprint density at radius 1 is 0.978 bits per heavy atom. The van der Waals surface area contributed by atoms with E-state index in [1.54, 1.807) is 0 Å². The third kappa shape index (κ3) is 6.82. The Morgan fingerprint density at radius 2 is 1.70 bits per heavy atom. The zero-order valence-electron chi connectivity index (χ0n) is 28.2. The van der Waals surface area contributed by atoms with Crippen LogP contribution in [-0.4, -0.2) is 53.1 Å². The topological polar surface area (TPSA) is 144 Å². The molecule has 9 atom stereocenters. The first kappa shape index (κ1) is 35.0. The summed E-state index contributed by atoms with van der Waals surface area (Å²) in [6, 6.07) is 0. The predicted octanol–water partition coefficient (Wildman–Crippen LogP) is 6.19. The minimum atomic E-state index is -4.81. The van der Waals surface area contributed by atoms with Crippen LogP contribution in [0.4, 0.5) is 0 Å². The molecule has 1 N–H and O–H groups in total. The predicted molar refractivity (Wildman–Crippen MR) is 170 cm³/mol. The molecule has 5 rings (SSSR count). The van der Waals surface area contributed by atoms with Gasteiger partial charge >= 0.3 is 11.9 Å². The average molecular weight is 664 g/mol. The van der Waals surface area contributed by atoms with Gasteiger partial charge in [-0.05, 0) is 91.3 Å². The van der Waals surface area contributed by atoms with E-state index in [4.69, 9.17) is 14.1 Å². The Morgan fingerprint density at radius 3 is 2.37 bits per heavy atom. The third-order valence-electron chi connectivity index (χ3n) is 12.7. The molecular weight excluding hydrogens is 610 g/mol. The Bertz CT molecular complexity index is 1360. The van der Waals surface area contributed by atoms with Gasteiger partial charge < -0.3 is 9.57 Å². The number of hydroxylamine groups is 2. The molecule has 0 unspecified atom stereocenters. The number of nitrogens with zero attached hydrogens (tertiary/aromatic N) is 1. The Hall–Kier alpha value is -2.27. The molecule has 4 aliphatic carbocycles. The number of ether oxygens (including phenoxy) is 1. The number of imide groups is 1. The molecule has 10 nitrogen and oxygen atoms in total. The standard InChI is InChI=1S/C35H53NO9S/c1-21(2)7-6-8-22(3)26-11-12-27-25-10-9-23-19-24(15-17-34(23,4)28(25)16-18-35(26,27)5)44-31(38)13-14-32(39)45-36-30(37)20-29(33(36)40)46(41,42)43/h9,21-22,24-29H,6-8,10-20H2,1-5H3,(H,41,42,43)/t22-,24+,25+,26-,27+,28+,29+,34+,35-/m1/s1. The number of hydrogen-bond acceptors (Lipinski definition) is 8. The molecule has 46 heavy (non-hydrogen) atoms. The minimum absolute atomic E-state index is 0.0466. The van der Waals surface area contributed by atoms with Gasteiger partial charge in [-0.15, -0.1) is 5.06 Å². The van der Waals surface area contributed by atoms with Crippen molar-refractivity contribution in [2.75, 3.05) is 0 Å². The van der Waals surface area contributed by atoms with E-state index in [1.165, 1.54) is 50.5 Å². The van der Waals surface area contributed by atoms with Crippen molar-refractivity contribution in [2.45, 2.75) is 136 Å². The van der Waals surface area contributed by atoms with E-state index < -0.39 is 52.0 Å². The fourth-order valence-corrected chi connectivity index (χ4v) is 11.0. The molecule has 0 bridgehead atoms. The van der Waals surface area contributed by atoms with Crippen molar-refractivity contribution in [1.29, 1.82) is 0 Å². The second kappa shape index (κ2) is 13.3. The van der Waals surface area contributed by atoms with Gasteiger partial charge in [0, 0.05) is 6.42 Å². The van der Waals surface area contributed by atoms with Gasteiger partial charge in [0.15, 0.2) is 5.25 Å². The lowest BCUT2D eigenvalue weighted by Gasteiger charge is -2.58. The highest BCUT2D eigenvalue weighted by Crippen LogP contribution is 2.67. The van der Waals surface area contributed by atoms with Crippen molar-refractivity contribution in [1.82, 2.24) is 5.06 Å². The van der Waals surface area contributed by atoms with Crippen LogP contribution < -0.4 is 0 Å². The lowest BCUT2D eigenvalue weighted by Crippen LogP contribution is -2.51. The molecule has 5 aliphatic rings. The summed E-state index contributed by atoms with van der Waals surface area (Å²) in [5, 5.41) is -1.95. The van der Waals surface area contributed by atoms with E-state index >= 15 is 0 Å². The van der Waals surface area contributed by atoms with Gasteiger partial charge in [0.1, 0.15) is 6.10 Å². The van der Waals surface area contributed by atoms with E-state index in [0.717, 1.165) is 42.9 Å². The van der Waals surface area contributed by atoms with E-state index in [2.05, 4.69) is 40.7 Å². The fraction of sp³-hybridized carbons (Fsp3) is 0.829. The first-order valence-electron chi connectivity index (χ1n) is 17.5. The normalized spacial score (nSPS) is 36.5. The molecule has 258 valence electrons. The quantitative estimate of drug-likeness (QED) is 0.118. The number of hydrogen-bond donors (Lipinski definition) is 1. The van der Waals surface area contributed by atoms with Gasteiger partial charge in [0.05, 0.1) is 19.3 Å². The van der Waals surface area contributed by atoms with Crippen molar-refractivity contribution in [3.05, 3.63) is 11.6 Å². The van der Waals surface area contributed by atoms with Crippen LogP contribution in [0.15, 0.2) is 11.6 Å². The van der Waals surface area contributed by atoms with Crippen molar-refractivity contribution >= 4 is 33.9 Å². The van der Waals surface area contributed by atoms with Gasteiger partial charge in [0.2, 0.25) is 0 Å². The van der Waals surface area contributed by atoms with Crippen LogP contribution in [0.1, 0.15) is 125 Å². The van der Waals surface area contributed by atoms with Gasteiger partial charge in [-0.2, -0.15) is 8.42 Å². The molecule has 11 heteroatoms. The van der Waals surface area contributed by atoms with Crippen molar-refractivity contribution in [2.24, 2.45) is 46.3 Å². The molecule has 1 saturated heterocycles. The number of fused-ring (bicyclic) bond motifs is 5. The molecule has 2 amide bonds. The van der Waals surface area contributed by atoms with Crippen LogP contribution in [0, 0.1) is 46.3 Å². The molecule has 3 saturated carbocycles. The van der Waals surface area contributed by atoms with Crippen molar-refractivity contribution < 1.29 is 41.7 Å². The second-order valence-electron chi connectivity index (χ2n) is 15.8. The summed E-state index contributed by atoms with van der Waals surface area (Å²) in [5.41, 5.74) is 1.95. The van der Waals surface area contributed by atoms with Crippen LogP contribution >= 0.6 is 0 Å². The molecule has 0 radical (unpaired) electrons. The molecule has 0 aromatic rings. The highest BCUT2D eigenvalue weighted by molar-refractivity contribution is 7.87. The lowest BCUT2D eigenvalue weighted by molar-refractivity contribution is -0.197. The summed E-state index contributed by atoms with van der Waals surface area (Å²) in [6.45, 7) is 12.2. The smallest absolute Gasteiger partial charge is 0.333 e. The number of amides is 2. The van der Waals surface area contributed by atoms with Gasteiger partial charge in [-0.3, -0.25) is 18.9 Å². The minimum Gasteiger partial charge on any atom is -0.462 e. The van der Waals surface area contributed by atoms with Gasteiger partial charge in [-0.1, -0.05) is 65.5 Å². The molecule has 4 fully saturated rings. The van der Waals surface area contributed by atoms with Crippen molar-refractivity contribution in [3.8, 4) is 0 Å². The van der Waals surface area contributed by atoms with E-state index in [-0.39, 0.29) is 23.0 Å². The molecule has 1 aliphatic heterocycles. The SMILES string of the molecule is CC(C)CCC[C@@H](C)[C@H]1CC[C@H]2[C@@H]3CC=C4C[C@@H](OC(=O)CCC(=O)ON5C(=O)C[C@H](S(=O)(=O)O)C5=O)CC[C@]4(C)[C@H]3CC[C@]12C. The van der Waals surface area contributed by atoms with Gasteiger partial charge in [0.25, 0.3) is 21.9 Å². The summed E-state index contributed by atoms with van der Waals surface area (Å²) in [6.07, 6.45) is 13.4. The first-order chi connectivity index (χ1) is 21.5. The average Bonchev–Trinajstić information content (AvgIpc) is 3.47. The Balaban J connectivity index is 1.12. The number of rotatable bonds is 11. The largest absolute Gasteiger partial charge is 0.462 e. The Kier molecular flexibility index (Phi) is 10.2. The van der Waals surface area contributed by atoms with Crippen LogP contribution in [0.25, 0.3) is 0 Å². The molecule has 0 aromatic carbocycles. The number of esters is 1. The molecule has 1 heterocycles. The first-order valence-corrected chi connectivity index (χ1v) is 19.0. The summed E-state index contributed by atoms with van der Waals surface area (Å²) in [7, 11) is -4.81. The van der Waals surface area contributed by atoms with Crippen LogP contribution in [0.2, 0.25) is 0 Å². The van der Waals surface area contributed by atoms with Crippen molar-refractivity contribution in [3.63, 3.8) is 0 Å². The van der Waals surface area contributed by atoms with E-state index in [0.29, 0.717) is 23.7 Å². The monoisotopic (exact) mass is 663 g/mol.